The molecule has 1 amide bonds. The summed E-state index contributed by atoms with van der Waals surface area (Å²) in [5.41, 5.74) is 0.357. The minimum absolute atomic E-state index is 0.0996. The number of benzene rings is 2. The van der Waals surface area contributed by atoms with Crippen LogP contribution in [0.1, 0.15) is 50.7 Å². The summed E-state index contributed by atoms with van der Waals surface area (Å²) >= 11 is 5.83. The van der Waals surface area contributed by atoms with Crippen LogP contribution in [-0.2, 0) is 14.3 Å². The zero-order valence-electron chi connectivity index (χ0n) is 18.7. The third-order valence-electron chi connectivity index (χ3n) is 5.71. The molecule has 0 aliphatic rings. The molecule has 0 saturated heterocycles. The number of carbonyl (C=O) groups is 2. The lowest BCUT2D eigenvalue weighted by molar-refractivity contribution is -0.178. The Hall–Kier alpha value is -2.61. The number of alkyl halides is 3. The van der Waals surface area contributed by atoms with Crippen molar-refractivity contribution in [2.24, 2.45) is 11.8 Å². The molecule has 9 heteroatoms. The van der Waals surface area contributed by atoms with Crippen LogP contribution in [0.2, 0.25) is 5.02 Å². The van der Waals surface area contributed by atoms with E-state index in [0.29, 0.717) is 10.6 Å². The number of esters is 1. The Kier molecular flexibility index (Phi) is 8.89. The number of hydrogen-bond donors (Lipinski definition) is 1. The van der Waals surface area contributed by atoms with E-state index in [-0.39, 0.29) is 23.8 Å². The van der Waals surface area contributed by atoms with Gasteiger partial charge in [-0.3, -0.25) is 9.59 Å². The predicted octanol–water partition coefficient (Wildman–Crippen LogP) is 6.70. The van der Waals surface area contributed by atoms with Crippen LogP contribution in [0.4, 0.5) is 23.2 Å². The molecule has 2 unspecified atom stereocenters. The highest BCUT2D eigenvalue weighted by molar-refractivity contribution is 6.30. The van der Waals surface area contributed by atoms with Gasteiger partial charge in [-0.2, -0.15) is 13.2 Å². The average molecular weight is 488 g/mol. The van der Waals surface area contributed by atoms with Gasteiger partial charge in [0.05, 0.1) is 30.0 Å². The molecular weight excluding hydrogens is 462 g/mol. The molecule has 0 aliphatic heterocycles. The number of nitrogens with one attached hydrogen (secondary N) is 1. The van der Waals surface area contributed by atoms with Crippen LogP contribution in [0.15, 0.2) is 42.5 Å². The van der Waals surface area contributed by atoms with Gasteiger partial charge in [0.2, 0.25) is 5.91 Å². The Morgan fingerprint density at radius 1 is 1.03 bits per heavy atom. The second-order valence-corrected chi connectivity index (χ2v) is 8.35. The molecule has 0 fully saturated rings. The number of hydrogen-bond acceptors (Lipinski definition) is 3. The van der Waals surface area contributed by atoms with Gasteiger partial charge in [-0.05, 0) is 48.2 Å². The number of rotatable bonds is 8. The summed E-state index contributed by atoms with van der Waals surface area (Å²) in [4.78, 5) is 25.0. The fourth-order valence-corrected chi connectivity index (χ4v) is 3.55. The van der Waals surface area contributed by atoms with E-state index in [0.717, 1.165) is 13.0 Å². The second kappa shape index (κ2) is 11.0. The zero-order chi connectivity index (χ0) is 24.9. The predicted molar refractivity (Wildman–Crippen MR) is 119 cm³/mol. The minimum atomic E-state index is -4.66. The monoisotopic (exact) mass is 487 g/mol. The van der Waals surface area contributed by atoms with E-state index in [4.69, 9.17) is 16.3 Å². The topological polar surface area (TPSA) is 55.4 Å². The largest absolute Gasteiger partial charge is 0.466 e. The van der Waals surface area contributed by atoms with Gasteiger partial charge in [0.1, 0.15) is 5.82 Å². The van der Waals surface area contributed by atoms with Crippen LogP contribution < -0.4 is 5.32 Å². The van der Waals surface area contributed by atoms with E-state index in [1.54, 1.807) is 20.8 Å². The van der Waals surface area contributed by atoms with Crippen LogP contribution in [0.3, 0.4) is 0 Å². The molecule has 0 heterocycles. The Morgan fingerprint density at radius 2 is 1.61 bits per heavy atom. The Balaban J connectivity index is 2.36. The summed E-state index contributed by atoms with van der Waals surface area (Å²) < 4.78 is 60.0. The number of ether oxygens (including phenoxy) is 1. The van der Waals surface area contributed by atoms with Crippen molar-refractivity contribution in [1.29, 1.82) is 0 Å². The van der Waals surface area contributed by atoms with Gasteiger partial charge >= 0.3 is 12.1 Å². The molecule has 0 aliphatic carbocycles. The molecule has 180 valence electrons. The third-order valence-corrected chi connectivity index (χ3v) is 5.96. The number of anilines is 1. The van der Waals surface area contributed by atoms with Gasteiger partial charge in [0.25, 0.3) is 0 Å². The summed E-state index contributed by atoms with van der Waals surface area (Å²) in [7, 11) is 0. The van der Waals surface area contributed by atoms with E-state index >= 15 is 0 Å². The fourth-order valence-electron chi connectivity index (χ4n) is 3.43. The number of carbonyl (C=O) groups excluding carboxylic acids is 2. The first kappa shape index (κ1) is 26.6. The Labute approximate surface area is 195 Å². The molecule has 2 rings (SSSR count). The third kappa shape index (κ3) is 6.69. The fraction of sp³-hybridized carbons (Fsp3) is 0.417. The standard InChI is InChI=1S/C24H26ClF4NO3/c1-5-33-23(32)14(3)13(2)17-8-11-19(26)20(12-17)30-22(31)21(15(4)24(27,28)29)16-6-9-18(25)10-7-16/h6-15,21H,5H2,1-4H3,(H,30,31)/t13?,14?,15-,21+/m1/s1. The van der Waals surface area contributed by atoms with Gasteiger partial charge in [-0.25, -0.2) is 4.39 Å². The second-order valence-electron chi connectivity index (χ2n) is 7.92. The zero-order valence-corrected chi connectivity index (χ0v) is 19.4. The van der Waals surface area contributed by atoms with Crippen molar-refractivity contribution in [3.8, 4) is 0 Å². The molecule has 0 spiro atoms. The van der Waals surface area contributed by atoms with Crippen molar-refractivity contribution < 1.29 is 31.9 Å². The van der Waals surface area contributed by atoms with Gasteiger partial charge in [0.15, 0.2) is 0 Å². The van der Waals surface area contributed by atoms with Crippen LogP contribution in [0.25, 0.3) is 0 Å². The SMILES string of the molecule is CCOC(=O)C(C)C(C)c1ccc(F)c(NC(=O)[C@H](c2ccc(Cl)cc2)[C@@H](C)C(F)(F)F)c1. The molecule has 4 atom stereocenters. The van der Waals surface area contributed by atoms with Crippen LogP contribution in [-0.4, -0.2) is 24.7 Å². The Bertz CT molecular complexity index is 979. The van der Waals surface area contributed by atoms with E-state index in [1.807, 2.05) is 0 Å². The molecule has 1 N–H and O–H groups in total. The quantitative estimate of drug-likeness (QED) is 0.333. The minimum Gasteiger partial charge on any atom is -0.466 e. The lowest BCUT2D eigenvalue weighted by Gasteiger charge is -2.26. The highest BCUT2D eigenvalue weighted by Crippen LogP contribution is 2.39. The normalized spacial score (nSPS) is 15.3. The summed E-state index contributed by atoms with van der Waals surface area (Å²) in [5.74, 6) is -6.84. The maximum absolute atomic E-state index is 14.5. The molecule has 33 heavy (non-hydrogen) atoms. The summed E-state index contributed by atoms with van der Waals surface area (Å²) in [5, 5.41) is 2.61. The van der Waals surface area contributed by atoms with Crippen molar-refractivity contribution in [1.82, 2.24) is 0 Å². The first-order valence-corrected chi connectivity index (χ1v) is 10.8. The molecule has 4 nitrogen and oxygen atoms in total. The first-order chi connectivity index (χ1) is 15.4. The lowest BCUT2D eigenvalue weighted by Crippen LogP contribution is -2.34. The van der Waals surface area contributed by atoms with Gasteiger partial charge in [-0.15, -0.1) is 0 Å². The van der Waals surface area contributed by atoms with Crippen LogP contribution in [0, 0.1) is 17.7 Å². The first-order valence-electron chi connectivity index (χ1n) is 10.5. The lowest BCUT2D eigenvalue weighted by atomic mass is 9.85. The summed E-state index contributed by atoms with van der Waals surface area (Å²) in [6.07, 6.45) is -4.66. The summed E-state index contributed by atoms with van der Waals surface area (Å²) in [6.45, 7) is 6.19. The molecule has 2 aromatic carbocycles. The van der Waals surface area contributed by atoms with E-state index < -0.39 is 41.6 Å². The molecule has 2 aromatic rings. The molecule has 0 aromatic heterocycles. The molecule has 0 radical (unpaired) electrons. The number of halogens is 5. The van der Waals surface area contributed by atoms with Crippen molar-refractivity contribution in [2.75, 3.05) is 11.9 Å². The van der Waals surface area contributed by atoms with Crippen molar-refractivity contribution in [3.05, 3.63) is 64.4 Å². The maximum atomic E-state index is 14.5. The van der Waals surface area contributed by atoms with Crippen molar-refractivity contribution >= 4 is 29.2 Å². The summed E-state index contributed by atoms with van der Waals surface area (Å²) in [6, 6.07) is 9.34. The highest BCUT2D eigenvalue weighted by Gasteiger charge is 2.45. The van der Waals surface area contributed by atoms with Crippen molar-refractivity contribution in [3.63, 3.8) is 0 Å². The Morgan fingerprint density at radius 3 is 2.15 bits per heavy atom. The maximum Gasteiger partial charge on any atom is 0.392 e. The van der Waals surface area contributed by atoms with Crippen LogP contribution >= 0.6 is 11.6 Å². The van der Waals surface area contributed by atoms with Gasteiger partial charge in [0, 0.05) is 5.02 Å². The van der Waals surface area contributed by atoms with Crippen molar-refractivity contribution in [2.45, 2.75) is 45.7 Å². The highest BCUT2D eigenvalue weighted by atomic mass is 35.5. The van der Waals surface area contributed by atoms with E-state index in [1.165, 1.54) is 36.4 Å². The average Bonchev–Trinajstić information content (AvgIpc) is 2.75. The molecule has 0 bridgehead atoms. The van der Waals surface area contributed by atoms with Crippen LogP contribution in [0.5, 0.6) is 0 Å². The number of amides is 1. The molecular formula is C24H26ClF4NO3. The van der Waals surface area contributed by atoms with E-state index in [9.17, 15) is 27.2 Å². The smallest absolute Gasteiger partial charge is 0.392 e. The van der Waals surface area contributed by atoms with E-state index in [2.05, 4.69) is 5.32 Å². The van der Waals surface area contributed by atoms with Gasteiger partial charge < -0.3 is 10.1 Å². The van der Waals surface area contributed by atoms with Gasteiger partial charge in [-0.1, -0.05) is 50.6 Å². The molecule has 0 saturated carbocycles.